The van der Waals surface area contributed by atoms with E-state index in [1.54, 1.807) is 12.1 Å². The number of rotatable bonds is 5. The minimum atomic E-state index is -0.724. The number of aliphatic hydroxyl groups excluding tert-OH is 1. The lowest BCUT2D eigenvalue weighted by atomic mass is 9.77. The molecule has 2 aromatic rings. The average Bonchev–Trinajstić information content (AvgIpc) is 3.14. The van der Waals surface area contributed by atoms with Crippen molar-refractivity contribution in [2.75, 3.05) is 6.54 Å². The Balaban J connectivity index is 1.47. The highest BCUT2D eigenvalue weighted by atomic mass is 16.3. The van der Waals surface area contributed by atoms with Crippen molar-refractivity contribution in [2.45, 2.75) is 63.5 Å². The van der Waals surface area contributed by atoms with Gasteiger partial charge >= 0.3 is 0 Å². The number of aromatic nitrogens is 1. The number of hydrogen-bond acceptors (Lipinski definition) is 4. The van der Waals surface area contributed by atoms with E-state index in [1.165, 1.54) is 63.5 Å². The smallest absolute Gasteiger partial charge is 0.248 e. The monoisotopic (exact) mass is 370 g/mol. The molecule has 4 N–H and O–H groups in total. The van der Waals surface area contributed by atoms with Gasteiger partial charge in [0.25, 0.3) is 0 Å². The van der Waals surface area contributed by atoms with Crippen molar-refractivity contribution in [3.05, 3.63) is 40.2 Å². The summed E-state index contributed by atoms with van der Waals surface area (Å²) in [6.45, 7) is 0.464. The molecule has 0 unspecified atom stereocenters. The minimum Gasteiger partial charge on any atom is -0.508 e. The van der Waals surface area contributed by atoms with Gasteiger partial charge in [0.05, 0.1) is 11.6 Å². The molecule has 5 heteroatoms. The van der Waals surface area contributed by atoms with Crippen molar-refractivity contribution in [3.63, 3.8) is 0 Å². The van der Waals surface area contributed by atoms with Gasteiger partial charge in [0.2, 0.25) is 5.56 Å². The van der Waals surface area contributed by atoms with Crippen LogP contribution in [0, 0.1) is 11.8 Å². The Morgan fingerprint density at radius 3 is 2.70 bits per heavy atom. The third-order valence-electron chi connectivity index (χ3n) is 6.61. The number of aliphatic hydroxyl groups is 1. The lowest BCUT2D eigenvalue weighted by molar-refractivity contribution is 0.155. The number of pyridine rings is 1. The second-order valence-corrected chi connectivity index (χ2v) is 8.34. The Kier molecular flexibility index (Phi) is 5.50. The van der Waals surface area contributed by atoms with Gasteiger partial charge < -0.3 is 20.5 Å². The van der Waals surface area contributed by atoms with Gasteiger partial charge in [0.1, 0.15) is 5.75 Å². The van der Waals surface area contributed by atoms with Crippen LogP contribution in [-0.4, -0.2) is 27.8 Å². The summed E-state index contributed by atoms with van der Waals surface area (Å²) in [6, 6.07) is 6.77. The first kappa shape index (κ1) is 18.5. The van der Waals surface area contributed by atoms with Crippen LogP contribution in [-0.2, 0) is 0 Å². The SMILES string of the molecule is O=c1ccc2c([C@@H](O)CN[C@H]3CCC[C@H]3C3CCCCC3)cc(O)cc2[nH]1. The zero-order valence-corrected chi connectivity index (χ0v) is 15.8. The summed E-state index contributed by atoms with van der Waals surface area (Å²) in [4.78, 5) is 14.3. The number of fused-ring (bicyclic) bond motifs is 1. The van der Waals surface area contributed by atoms with Gasteiger partial charge in [-0.3, -0.25) is 4.79 Å². The Morgan fingerprint density at radius 1 is 1.07 bits per heavy atom. The summed E-state index contributed by atoms with van der Waals surface area (Å²) in [5.74, 6) is 1.62. The first-order valence-corrected chi connectivity index (χ1v) is 10.4. The molecule has 2 aliphatic rings. The van der Waals surface area contributed by atoms with Crippen LogP contribution < -0.4 is 10.9 Å². The van der Waals surface area contributed by atoms with E-state index in [4.69, 9.17) is 0 Å². The summed E-state index contributed by atoms with van der Waals surface area (Å²) >= 11 is 0. The molecule has 5 nitrogen and oxygen atoms in total. The highest BCUT2D eigenvalue weighted by Crippen LogP contribution is 2.39. The second-order valence-electron chi connectivity index (χ2n) is 8.34. The largest absolute Gasteiger partial charge is 0.508 e. The summed E-state index contributed by atoms with van der Waals surface area (Å²) in [6.07, 6.45) is 9.85. The number of aromatic hydroxyl groups is 1. The quantitative estimate of drug-likeness (QED) is 0.648. The molecule has 3 atom stereocenters. The molecule has 27 heavy (non-hydrogen) atoms. The summed E-state index contributed by atoms with van der Waals surface area (Å²) in [5, 5.41) is 25.2. The van der Waals surface area contributed by atoms with Crippen LogP contribution in [0.1, 0.15) is 63.0 Å². The first-order valence-electron chi connectivity index (χ1n) is 10.4. The van der Waals surface area contributed by atoms with Crippen LogP contribution in [0.4, 0.5) is 0 Å². The molecule has 0 radical (unpaired) electrons. The molecule has 0 amide bonds. The van der Waals surface area contributed by atoms with Crippen LogP contribution in [0.25, 0.3) is 10.9 Å². The van der Waals surface area contributed by atoms with E-state index in [-0.39, 0.29) is 11.3 Å². The maximum atomic E-state index is 11.5. The maximum Gasteiger partial charge on any atom is 0.248 e. The van der Waals surface area contributed by atoms with Gasteiger partial charge in [0, 0.05) is 30.1 Å². The molecule has 4 rings (SSSR count). The lowest BCUT2D eigenvalue weighted by Crippen LogP contribution is -2.38. The van der Waals surface area contributed by atoms with Crippen molar-refractivity contribution < 1.29 is 10.2 Å². The number of phenolic OH excluding ortho intramolecular Hbond substituents is 1. The van der Waals surface area contributed by atoms with Gasteiger partial charge in [-0.05, 0) is 42.4 Å². The van der Waals surface area contributed by atoms with Crippen LogP contribution in [0.5, 0.6) is 5.75 Å². The van der Waals surface area contributed by atoms with E-state index in [1.807, 2.05) is 0 Å². The second kappa shape index (κ2) is 8.03. The number of nitrogens with one attached hydrogen (secondary N) is 2. The molecule has 146 valence electrons. The van der Waals surface area contributed by atoms with E-state index >= 15 is 0 Å². The van der Waals surface area contributed by atoms with Gasteiger partial charge in [-0.15, -0.1) is 0 Å². The van der Waals surface area contributed by atoms with Gasteiger partial charge in [0.15, 0.2) is 0 Å². The van der Waals surface area contributed by atoms with Crippen LogP contribution in [0.3, 0.4) is 0 Å². The molecule has 2 fully saturated rings. The predicted molar refractivity (Wildman–Crippen MR) is 107 cm³/mol. The van der Waals surface area contributed by atoms with E-state index in [0.717, 1.165) is 17.2 Å². The average molecular weight is 370 g/mol. The number of benzene rings is 1. The lowest BCUT2D eigenvalue weighted by Gasteiger charge is -2.32. The molecule has 0 spiro atoms. The van der Waals surface area contributed by atoms with Crippen molar-refractivity contribution in [1.82, 2.24) is 10.3 Å². The van der Waals surface area contributed by atoms with E-state index in [0.29, 0.717) is 23.7 Å². The Labute approximate surface area is 159 Å². The van der Waals surface area contributed by atoms with Crippen molar-refractivity contribution in [2.24, 2.45) is 11.8 Å². The summed E-state index contributed by atoms with van der Waals surface area (Å²) < 4.78 is 0. The molecule has 0 aliphatic heterocycles. The molecule has 1 aromatic carbocycles. The first-order chi connectivity index (χ1) is 13.1. The van der Waals surface area contributed by atoms with Gasteiger partial charge in [-0.1, -0.05) is 38.5 Å². The summed E-state index contributed by atoms with van der Waals surface area (Å²) in [7, 11) is 0. The topological polar surface area (TPSA) is 85.3 Å². The zero-order chi connectivity index (χ0) is 18.8. The van der Waals surface area contributed by atoms with E-state index < -0.39 is 6.10 Å². The Bertz CT molecular complexity index is 841. The van der Waals surface area contributed by atoms with E-state index in [9.17, 15) is 15.0 Å². The standard InChI is InChI=1S/C22H30N2O3/c25-15-11-18(17-9-10-22(27)24-20(17)12-15)21(26)13-23-19-8-4-7-16(19)14-5-2-1-3-6-14/h9-12,14,16,19,21,23,25-26H,1-8,13H2,(H,24,27)/t16-,19-,21-/m0/s1. The zero-order valence-electron chi connectivity index (χ0n) is 15.8. The molecule has 2 aliphatic carbocycles. The Morgan fingerprint density at radius 2 is 1.89 bits per heavy atom. The fraction of sp³-hybridized carbons (Fsp3) is 0.591. The molecule has 1 aromatic heterocycles. The molecular weight excluding hydrogens is 340 g/mol. The third-order valence-corrected chi connectivity index (χ3v) is 6.61. The predicted octanol–water partition coefficient (Wildman–Crippen LogP) is 3.61. The van der Waals surface area contributed by atoms with Crippen molar-refractivity contribution in [1.29, 1.82) is 0 Å². The minimum absolute atomic E-state index is 0.0550. The highest BCUT2D eigenvalue weighted by molar-refractivity contribution is 5.84. The number of H-pyrrole nitrogens is 1. The van der Waals surface area contributed by atoms with Gasteiger partial charge in [-0.2, -0.15) is 0 Å². The number of aromatic amines is 1. The van der Waals surface area contributed by atoms with Crippen LogP contribution in [0.15, 0.2) is 29.1 Å². The third kappa shape index (κ3) is 4.04. The van der Waals surface area contributed by atoms with Crippen molar-refractivity contribution in [3.8, 4) is 5.75 Å². The molecular formula is C22H30N2O3. The molecule has 0 bridgehead atoms. The number of hydrogen-bond donors (Lipinski definition) is 4. The fourth-order valence-electron chi connectivity index (χ4n) is 5.30. The molecule has 2 saturated carbocycles. The molecule has 1 heterocycles. The van der Waals surface area contributed by atoms with Crippen molar-refractivity contribution >= 4 is 10.9 Å². The fourth-order valence-corrected chi connectivity index (χ4v) is 5.30. The molecule has 0 saturated heterocycles. The Hall–Kier alpha value is -1.85. The van der Waals surface area contributed by atoms with E-state index in [2.05, 4.69) is 10.3 Å². The van der Waals surface area contributed by atoms with Crippen LogP contribution >= 0.6 is 0 Å². The normalized spacial score (nSPS) is 25.1. The summed E-state index contributed by atoms with van der Waals surface area (Å²) in [5.41, 5.74) is 0.992. The number of phenols is 1. The highest BCUT2D eigenvalue weighted by Gasteiger charge is 2.34. The van der Waals surface area contributed by atoms with Gasteiger partial charge in [-0.25, -0.2) is 0 Å². The van der Waals surface area contributed by atoms with Crippen LogP contribution in [0.2, 0.25) is 0 Å². The maximum absolute atomic E-state index is 11.5.